The topological polar surface area (TPSA) is 39.1 Å². The van der Waals surface area contributed by atoms with Crippen LogP contribution in [0.15, 0.2) is 29.3 Å². The standard InChI is InChI=1S/C7H6ClN3O/c8-10-5-9-6-3-1-2-4-7(6)11(10)12/h1-5,12H. The molecule has 0 unspecified atom stereocenters. The molecular formula is C7H6ClN3O. The Morgan fingerprint density at radius 2 is 2.08 bits per heavy atom. The Kier molecular flexibility index (Phi) is 1.64. The fraction of sp³-hybridized carbons (Fsp3) is 0. The molecule has 1 heterocycles. The molecule has 1 N–H and O–H groups in total. The van der Waals surface area contributed by atoms with Crippen molar-refractivity contribution in [3.63, 3.8) is 0 Å². The highest BCUT2D eigenvalue weighted by Gasteiger charge is 2.16. The van der Waals surface area contributed by atoms with E-state index in [0.29, 0.717) is 11.4 Å². The van der Waals surface area contributed by atoms with Gasteiger partial charge in [0.2, 0.25) is 0 Å². The molecular weight excluding hydrogens is 178 g/mol. The van der Waals surface area contributed by atoms with Gasteiger partial charge in [-0.1, -0.05) is 12.1 Å². The second-order valence-corrected chi connectivity index (χ2v) is 2.66. The van der Waals surface area contributed by atoms with Gasteiger partial charge in [-0.3, -0.25) is 5.21 Å². The number of halogens is 1. The summed E-state index contributed by atoms with van der Waals surface area (Å²) in [5, 5.41) is 10.2. The molecule has 0 saturated carbocycles. The summed E-state index contributed by atoms with van der Waals surface area (Å²) in [6.45, 7) is 0. The van der Waals surface area contributed by atoms with Crippen LogP contribution in [0.3, 0.4) is 0 Å². The molecule has 62 valence electrons. The van der Waals surface area contributed by atoms with E-state index < -0.39 is 0 Å². The first-order valence-corrected chi connectivity index (χ1v) is 3.70. The summed E-state index contributed by atoms with van der Waals surface area (Å²) in [6.07, 6.45) is 1.32. The van der Waals surface area contributed by atoms with Crippen molar-refractivity contribution in [1.82, 2.24) is 4.53 Å². The first-order chi connectivity index (χ1) is 5.79. The number of nitrogens with zero attached hydrogens (tertiary/aromatic N) is 3. The maximum Gasteiger partial charge on any atom is 0.131 e. The minimum absolute atomic E-state index is 0.565. The van der Waals surface area contributed by atoms with E-state index in [9.17, 15) is 5.21 Å². The van der Waals surface area contributed by atoms with Crippen molar-refractivity contribution in [2.24, 2.45) is 4.99 Å². The van der Waals surface area contributed by atoms with E-state index in [1.807, 2.05) is 6.07 Å². The normalized spacial score (nSPS) is 14.8. The molecule has 0 amide bonds. The van der Waals surface area contributed by atoms with Gasteiger partial charge in [0.05, 0.1) is 5.69 Å². The van der Waals surface area contributed by atoms with E-state index in [1.165, 1.54) is 6.34 Å². The van der Waals surface area contributed by atoms with Crippen molar-refractivity contribution in [2.45, 2.75) is 0 Å². The lowest BCUT2D eigenvalue weighted by atomic mass is 10.3. The van der Waals surface area contributed by atoms with Gasteiger partial charge in [0, 0.05) is 11.8 Å². The Hall–Kier alpha value is -1.26. The van der Waals surface area contributed by atoms with Crippen molar-refractivity contribution in [3.05, 3.63) is 24.3 Å². The second kappa shape index (κ2) is 2.66. The molecule has 0 spiro atoms. The highest BCUT2D eigenvalue weighted by molar-refractivity contribution is 6.20. The molecule has 0 aromatic heterocycles. The molecule has 0 saturated heterocycles. The zero-order valence-corrected chi connectivity index (χ0v) is 6.81. The van der Waals surface area contributed by atoms with E-state index in [1.54, 1.807) is 18.2 Å². The number of hydrogen-bond acceptors (Lipinski definition) is 4. The maximum absolute atomic E-state index is 9.37. The predicted molar refractivity (Wildman–Crippen MR) is 46.6 cm³/mol. The van der Waals surface area contributed by atoms with Crippen LogP contribution in [0.25, 0.3) is 0 Å². The Balaban J connectivity index is 2.52. The average Bonchev–Trinajstić information content (AvgIpc) is 2.12. The van der Waals surface area contributed by atoms with Gasteiger partial charge >= 0.3 is 0 Å². The van der Waals surface area contributed by atoms with Crippen molar-refractivity contribution in [2.75, 3.05) is 5.17 Å². The molecule has 0 bridgehead atoms. The van der Waals surface area contributed by atoms with E-state index in [2.05, 4.69) is 4.99 Å². The smallest absolute Gasteiger partial charge is 0.131 e. The van der Waals surface area contributed by atoms with Crippen LogP contribution in [-0.2, 0) is 0 Å². The van der Waals surface area contributed by atoms with E-state index in [-0.39, 0.29) is 0 Å². The number of aliphatic imine (C=N–C) groups is 1. The molecule has 0 atom stereocenters. The third-order valence-electron chi connectivity index (χ3n) is 1.57. The summed E-state index contributed by atoms with van der Waals surface area (Å²) in [5.41, 5.74) is 1.26. The Bertz CT molecular complexity index is 328. The van der Waals surface area contributed by atoms with Crippen molar-refractivity contribution < 1.29 is 5.21 Å². The van der Waals surface area contributed by atoms with Crippen LogP contribution in [-0.4, -0.2) is 16.1 Å². The van der Waals surface area contributed by atoms with Gasteiger partial charge in [0.15, 0.2) is 0 Å². The molecule has 1 aromatic carbocycles. The van der Waals surface area contributed by atoms with Gasteiger partial charge in [-0.05, 0) is 12.1 Å². The summed E-state index contributed by atoms with van der Waals surface area (Å²) in [4.78, 5) is 3.99. The Morgan fingerprint density at radius 1 is 1.33 bits per heavy atom. The summed E-state index contributed by atoms with van der Waals surface area (Å²) in [5.74, 6) is 0. The minimum Gasteiger partial charge on any atom is -0.267 e. The summed E-state index contributed by atoms with van der Waals surface area (Å²) < 4.78 is 0.975. The molecule has 1 aliphatic rings. The summed E-state index contributed by atoms with van der Waals surface area (Å²) >= 11 is 5.55. The maximum atomic E-state index is 9.37. The molecule has 5 heteroatoms. The molecule has 1 aliphatic heterocycles. The Labute approximate surface area is 74.3 Å². The number of hydrogen-bond donors (Lipinski definition) is 1. The number of anilines is 1. The lowest BCUT2D eigenvalue weighted by Gasteiger charge is -2.26. The van der Waals surface area contributed by atoms with E-state index in [4.69, 9.17) is 11.8 Å². The lowest BCUT2D eigenvalue weighted by Crippen LogP contribution is -2.33. The molecule has 0 aliphatic carbocycles. The largest absolute Gasteiger partial charge is 0.267 e. The van der Waals surface area contributed by atoms with Crippen LogP contribution in [0.5, 0.6) is 0 Å². The summed E-state index contributed by atoms with van der Waals surface area (Å²) in [6, 6.07) is 7.15. The monoisotopic (exact) mass is 183 g/mol. The fourth-order valence-electron chi connectivity index (χ4n) is 1.00. The van der Waals surface area contributed by atoms with Crippen molar-refractivity contribution in [1.29, 1.82) is 0 Å². The SMILES string of the molecule is ON1c2ccccc2N=CN1Cl. The van der Waals surface area contributed by atoms with Crippen LogP contribution < -0.4 is 5.17 Å². The number of benzene rings is 1. The average molecular weight is 184 g/mol. The molecule has 0 radical (unpaired) electrons. The molecule has 12 heavy (non-hydrogen) atoms. The first kappa shape index (κ1) is 7.39. The Morgan fingerprint density at radius 3 is 2.92 bits per heavy atom. The van der Waals surface area contributed by atoms with Gasteiger partial charge in [-0.2, -0.15) is 4.53 Å². The third-order valence-corrected chi connectivity index (χ3v) is 1.80. The van der Waals surface area contributed by atoms with Gasteiger partial charge in [-0.25, -0.2) is 4.99 Å². The van der Waals surface area contributed by atoms with Crippen molar-refractivity contribution >= 4 is 29.5 Å². The van der Waals surface area contributed by atoms with E-state index >= 15 is 0 Å². The van der Waals surface area contributed by atoms with Gasteiger partial charge < -0.3 is 0 Å². The number of fused-ring (bicyclic) bond motifs is 1. The van der Waals surface area contributed by atoms with Gasteiger partial charge in [0.1, 0.15) is 12.0 Å². The summed E-state index contributed by atoms with van der Waals surface area (Å²) in [7, 11) is 0. The van der Waals surface area contributed by atoms with Gasteiger partial charge in [-0.15, -0.1) is 5.17 Å². The van der Waals surface area contributed by atoms with E-state index in [0.717, 1.165) is 9.70 Å². The predicted octanol–water partition coefficient (Wildman–Crippen LogP) is 1.93. The second-order valence-electron chi connectivity index (χ2n) is 2.31. The van der Waals surface area contributed by atoms with Crippen LogP contribution in [0.2, 0.25) is 0 Å². The zero-order valence-electron chi connectivity index (χ0n) is 6.05. The zero-order chi connectivity index (χ0) is 8.55. The fourth-order valence-corrected chi connectivity index (χ4v) is 1.13. The van der Waals surface area contributed by atoms with Crippen LogP contribution >= 0.6 is 11.8 Å². The first-order valence-electron chi connectivity index (χ1n) is 3.36. The third kappa shape index (κ3) is 1.01. The molecule has 2 rings (SSSR count). The highest BCUT2D eigenvalue weighted by atomic mass is 35.5. The lowest BCUT2D eigenvalue weighted by molar-refractivity contribution is 0.180. The highest BCUT2D eigenvalue weighted by Crippen LogP contribution is 2.31. The van der Waals surface area contributed by atoms with Crippen LogP contribution in [0.4, 0.5) is 11.4 Å². The number of para-hydroxylation sites is 2. The van der Waals surface area contributed by atoms with Crippen LogP contribution in [0, 0.1) is 0 Å². The number of rotatable bonds is 0. The number of hydrazine groups is 1. The van der Waals surface area contributed by atoms with Crippen LogP contribution in [0.1, 0.15) is 0 Å². The van der Waals surface area contributed by atoms with Gasteiger partial charge in [0.25, 0.3) is 0 Å². The molecule has 1 aromatic rings. The molecule has 4 nitrogen and oxygen atoms in total. The van der Waals surface area contributed by atoms with Crippen molar-refractivity contribution in [3.8, 4) is 0 Å². The molecule has 0 fully saturated rings. The minimum atomic E-state index is 0.565. The quantitative estimate of drug-likeness (QED) is 0.625.